The summed E-state index contributed by atoms with van der Waals surface area (Å²) in [5, 5.41) is 9.13. The van der Waals surface area contributed by atoms with E-state index in [4.69, 9.17) is 11.6 Å². The molecule has 0 fully saturated rings. The Morgan fingerprint density at radius 3 is 2.38 bits per heavy atom. The van der Waals surface area contributed by atoms with Crippen molar-refractivity contribution in [1.29, 1.82) is 0 Å². The Labute approximate surface area is 163 Å². The van der Waals surface area contributed by atoms with Gasteiger partial charge in [-0.25, -0.2) is 4.79 Å². The van der Waals surface area contributed by atoms with Crippen molar-refractivity contribution >= 4 is 39.1 Å². The summed E-state index contributed by atoms with van der Waals surface area (Å²) in [7, 11) is 0. The zero-order valence-corrected chi connectivity index (χ0v) is 16.9. The van der Waals surface area contributed by atoms with Crippen LogP contribution >= 0.6 is 15.9 Å². The van der Waals surface area contributed by atoms with E-state index in [1.807, 2.05) is 26.0 Å². The third-order valence-corrected chi connectivity index (χ3v) is 4.34. The Bertz CT molecular complexity index is 617. The topological polar surface area (TPSA) is 123 Å². The van der Waals surface area contributed by atoms with Crippen LogP contribution in [-0.2, 0) is 4.79 Å². The van der Waals surface area contributed by atoms with Gasteiger partial charge in [0, 0.05) is 23.1 Å². The summed E-state index contributed by atoms with van der Waals surface area (Å²) in [6.07, 6.45) is 2.12. The van der Waals surface area contributed by atoms with Crippen LogP contribution in [0.3, 0.4) is 0 Å². The zero-order valence-electron chi connectivity index (χ0n) is 15.3. The van der Waals surface area contributed by atoms with Crippen LogP contribution in [-0.4, -0.2) is 30.1 Å². The smallest absolute Gasteiger partial charge is 0.319 e. The van der Waals surface area contributed by atoms with Gasteiger partial charge in [-0.2, -0.15) is 5.10 Å². The lowest BCUT2D eigenvalue weighted by Gasteiger charge is -2.20. The highest BCUT2D eigenvalue weighted by Gasteiger charge is 2.21. The quantitative estimate of drug-likeness (QED) is 0.261. The zero-order chi connectivity index (χ0) is 19.5. The van der Waals surface area contributed by atoms with E-state index in [1.54, 1.807) is 12.1 Å². The number of benzene rings is 1. The molecule has 1 atom stereocenters. The first-order valence-electron chi connectivity index (χ1n) is 8.67. The highest BCUT2D eigenvalue weighted by atomic mass is 79.9. The van der Waals surface area contributed by atoms with E-state index in [2.05, 4.69) is 31.7 Å². The number of hydrazone groups is 1. The predicted octanol–water partition coefficient (Wildman–Crippen LogP) is 3.00. The second-order valence-electron chi connectivity index (χ2n) is 6.51. The summed E-state index contributed by atoms with van der Waals surface area (Å²) in [6.45, 7) is 4.32. The van der Waals surface area contributed by atoms with E-state index in [-0.39, 0.29) is 18.2 Å². The Hall–Kier alpha value is -1.93. The van der Waals surface area contributed by atoms with Crippen LogP contribution in [0.2, 0.25) is 0 Å². The van der Waals surface area contributed by atoms with Crippen LogP contribution in [0.1, 0.15) is 39.5 Å². The molecule has 144 valence electrons. The molecule has 0 aliphatic heterocycles. The number of carbonyl (C=O) groups excluding carboxylic acids is 2. The molecular formula is C18H28BrN5O2. The largest absolute Gasteiger partial charge is 0.328 e. The molecule has 0 unspecified atom stereocenters. The molecule has 0 heterocycles. The molecule has 0 spiro atoms. The van der Waals surface area contributed by atoms with Crippen LogP contribution < -0.4 is 22.2 Å². The molecule has 8 heteroatoms. The SMILES string of the molecule is CC(C)C[C@H](NC(=O)Nc1ccc(Br)cc1)C(=O)CCC/C(CN)=N/N. The maximum Gasteiger partial charge on any atom is 0.319 e. The number of anilines is 1. The molecule has 1 aromatic rings. The number of hydrogen-bond acceptors (Lipinski definition) is 5. The van der Waals surface area contributed by atoms with Crippen LogP contribution in [0.15, 0.2) is 33.8 Å². The fraction of sp³-hybridized carbons (Fsp3) is 0.500. The summed E-state index contributed by atoms with van der Waals surface area (Å²) in [5.41, 5.74) is 6.85. The number of urea groups is 1. The summed E-state index contributed by atoms with van der Waals surface area (Å²) >= 11 is 3.35. The lowest BCUT2D eigenvalue weighted by atomic mass is 9.97. The first-order chi connectivity index (χ1) is 12.3. The van der Waals surface area contributed by atoms with Gasteiger partial charge in [0.1, 0.15) is 0 Å². The molecule has 0 aromatic heterocycles. The maximum absolute atomic E-state index is 12.5. The second kappa shape index (κ2) is 11.6. The number of nitrogens with one attached hydrogen (secondary N) is 2. The monoisotopic (exact) mass is 425 g/mol. The molecule has 0 aliphatic rings. The Morgan fingerprint density at radius 1 is 1.19 bits per heavy atom. The molecule has 0 aliphatic carbocycles. The number of Topliss-reactive ketones (excluding diaryl/α,β-unsaturated/α-hetero) is 1. The number of rotatable bonds is 10. The number of amides is 2. The van der Waals surface area contributed by atoms with Gasteiger partial charge in [0.15, 0.2) is 5.78 Å². The number of ketones is 1. The lowest BCUT2D eigenvalue weighted by molar-refractivity contribution is -0.121. The molecule has 1 rings (SSSR count). The van der Waals surface area contributed by atoms with Crippen LogP contribution in [0, 0.1) is 5.92 Å². The van der Waals surface area contributed by atoms with Gasteiger partial charge in [-0.1, -0.05) is 29.8 Å². The van der Waals surface area contributed by atoms with Gasteiger partial charge in [-0.05, 0) is 49.4 Å². The van der Waals surface area contributed by atoms with Gasteiger partial charge in [0.2, 0.25) is 0 Å². The maximum atomic E-state index is 12.5. The highest BCUT2D eigenvalue weighted by molar-refractivity contribution is 9.10. The summed E-state index contributed by atoms with van der Waals surface area (Å²) < 4.78 is 0.925. The Morgan fingerprint density at radius 2 is 1.85 bits per heavy atom. The van der Waals surface area contributed by atoms with Crippen molar-refractivity contribution in [2.75, 3.05) is 11.9 Å². The van der Waals surface area contributed by atoms with Crippen molar-refractivity contribution in [2.45, 2.75) is 45.6 Å². The Balaban J connectivity index is 2.59. The normalized spacial score (nSPS) is 12.7. The van der Waals surface area contributed by atoms with Crippen molar-refractivity contribution < 1.29 is 9.59 Å². The summed E-state index contributed by atoms with van der Waals surface area (Å²) in [5.74, 6) is 5.51. The Kier molecular flexibility index (Phi) is 9.90. The first-order valence-corrected chi connectivity index (χ1v) is 9.46. The highest BCUT2D eigenvalue weighted by Crippen LogP contribution is 2.15. The number of hydrogen-bond donors (Lipinski definition) is 4. The van der Waals surface area contributed by atoms with E-state index in [0.29, 0.717) is 37.1 Å². The van der Waals surface area contributed by atoms with E-state index < -0.39 is 12.1 Å². The van der Waals surface area contributed by atoms with Crippen LogP contribution in [0.25, 0.3) is 0 Å². The van der Waals surface area contributed by atoms with E-state index in [9.17, 15) is 9.59 Å². The molecular weight excluding hydrogens is 398 g/mol. The molecule has 0 saturated carbocycles. The van der Waals surface area contributed by atoms with Gasteiger partial charge >= 0.3 is 6.03 Å². The van der Waals surface area contributed by atoms with Crippen molar-refractivity contribution in [3.8, 4) is 0 Å². The van der Waals surface area contributed by atoms with Crippen molar-refractivity contribution in [3.05, 3.63) is 28.7 Å². The molecule has 2 amide bonds. The van der Waals surface area contributed by atoms with Crippen LogP contribution in [0.4, 0.5) is 10.5 Å². The number of carbonyl (C=O) groups is 2. The molecule has 26 heavy (non-hydrogen) atoms. The van der Waals surface area contributed by atoms with Crippen LogP contribution in [0.5, 0.6) is 0 Å². The molecule has 1 aromatic carbocycles. The second-order valence-corrected chi connectivity index (χ2v) is 7.42. The van der Waals surface area contributed by atoms with Gasteiger partial charge < -0.3 is 22.2 Å². The van der Waals surface area contributed by atoms with E-state index >= 15 is 0 Å². The van der Waals surface area contributed by atoms with Crippen molar-refractivity contribution in [3.63, 3.8) is 0 Å². The molecule has 0 radical (unpaired) electrons. The van der Waals surface area contributed by atoms with Gasteiger partial charge in [-0.3, -0.25) is 4.79 Å². The molecule has 0 saturated heterocycles. The lowest BCUT2D eigenvalue weighted by Crippen LogP contribution is -2.43. The minimum absolute atomic E-state index is 0.00181. The van der Waals surface area contributed by atoms with Crippen molar-refractivity contribution in [2.24, 2.45) is 22.6 Å². The fourth-order valence-electron chi connectivity index (χ4n) is 2.46. The average molecular weight is 426 g/mol. The fourth-order valence-corrected chi connectivity index (χ4v) is 2.73. The van der Waals surface area contributed by atoms with Gasteiger partial charge in [-0.15, -0.1) is 0 Å². The summed E-state index contributed by atoms with van der Waals surface area (Å²) in [6, 6.07) is 6.31. The number of nitrogens with zero attached hydrogens (tertiary/aromatic N) is 1. The third-order valence-electron chi connectivity index (χ3n) is 3.81. The number of nitrogens with two attached hydrogens (primary N) is 2. The minimum Gasteiger partial charge on any atom is -0.328 e. The van der Waals surface area contributed by atoms with Gasteiger partial charge in [0.05, 0.1) is 11.8 Å². The number of halogens is 1. The molecule has 7 nitrogen and oxygen atoms in total. The average Bonchev–Trinajstić information content (AvgIpc) is 2.59. The minimum atomic E-state index is -0.526. The summed E-state index contributed by atoms with van der Waals surface area (Å²) in [4.78, 5) is 24.7. The van der Waals surface area contributed by atoms with Gasteiger partial charge in [0.25, 0.3) is 0 Å². The van der Waals surface area contributed by atoms with E-state index in [1.165, 1.54) is 0 Å². The molecule has 6 N–H and O–H groups in total. The van der Waals surface area contributed by atoms with E-state index in [0.717, 1.165) is 4.47 Å². The standard InChI is InChI=1S/C18H28BrN5O2/c1-12(2)10-16(17(25)5-3-4-15(11-20)24-21)23-18(26)22-14-8-6-13(19)7-9-14/h6-9,12,16H,3-5,10-11,20-21H2,1-2H3,(H2,22,23,26)/b24-15-/t16-/m0/s1. The first kappa shape index (κ1) is 22.1. The van der Waals surface area contributed by atoms with Crippen molar-refractivity contribution in [1.82, 2.24) is 5.32 Å². The third kappa shape index (κ3) is 8.44. The predicted molar refractivity (Wildman–Crippen MR) is 109 cm³/mol. The molecule has 0 bridgehead atoms.